The molecule has 0 unspecified atom stereocenters. The fraction of sp³-hybridized carbons (Fsp3) is 0.615. The van der Waals surface area contributed by atoms with Gasteiger partial charge in [0.05, 0.1) is 12.9 Å². The average molecular weight is 319 g/mol. The highest BCUT2D eigenvalue weighted by Gasteiger charge is 2.11. The first-order valence-corrected chi connectivity index (χ1v) is 9.19. The van der Waals surface area contributed by atoms with Gasteiger partial charge in [-0.05, 0) is 30.9 Å². The van der Waals surface area contributed by atoms with Crippen molar-refractivity contribution in [3.8, 4) is 0 Å². The standard InChI is InChI=1S/C13H21NO4S2/c1-10(2)7-9-18-13(15)12-5-4-11(19-12)6-8-14-20(3,16)17/h4-5,10,14H,6-9H2,1-3H3. The number of ether oxygens (including phenoxy) is 1. The van der Waals surface area contributed by atoms with E-state index < -0.39 is 10.0 Å². The van der Waals surface area contributed by atoms with Gasteiger partial charge in [0.1, 0.15) is 4.88 Å². The monoisotopic (exact) mass is 319 g/mol. The molecule has 0 aliphatic rings. The number of carbonyl (C=O) groups is 1. The fourth-order valence-electron chi connectivity index (χ4n) is 1.44. The van der Waals surface area contributed by atoms with Gasteiger partial charge in [0.2, 0.25) is 10.0 Å². The third kappa shape index (κ3) is 7.02. The van der Waals surface area contributed by atoms with Crippen LogP contribution in [0.25, 0.3) is 0 Å². The van der Waals surface area contributed by atoms with Crippen LogP contribution >= 0.6 is 11.3 Å². The van der Waals surface area contributed by atoms with E-state index in [1.54, 1.807) is 6.07 Å². The van der Waals surface area contributed by atoms with Crippen LogP contribution in [0, 0.1) is 5.92 Å². The molecule has 5 nitrogen and oxygen atoms in total. The van der Waals surface area contributed by atoms with Crippen molar-refractivity contribution < 1.29 is 17.9 Å². The van der Waals surface area contributed by atoms with Crippen LogP contribution in [0.15, 0.2) is 12.1 Å². The number of carbonyl (C=O) groups excluding carboxylic acids is 1. The van der Waals surface area contributed by atoms with E-state index in [-0.39, 0.29) is 5.97 Å². The molecule has 0 aliphatic carbocycles. The van der Waals surface area contributed by atoms with E-state index in [0.29, 0.717) is 30.4 Å². The van der Waals surface area contributed by atoms with E-state index in [9.17, 15) is 13.2 Å². The van der Waals surface area contributed by atoms with Crippen molar-refractivity contribution in [1.82, 2.24) is 4.72 Å². The van der Waals surface area contributed by atoms with Crippen LogP contribution in [0.4, 0.5) is 0 Å². The third-order valence-electron chi connectivity index (χ3n) is 2.53. The lowest BCUT2D eigenvalue weighted by atomic mass is 10.1. The summed E-state index contributed by atoms with van der Waals surface area (Å²) in [5, 5.41) is 0. The molecule has 0 bridgehead atoms. The second-order valence-corrected chi connectivity index (χ2v) is 8.00. The average Bonchev–Trinajstić information content (AvgIpc) is 2.75. The summed E-state index contributed by atoms with van der Waals surface area (Å²) in [6.07, 6.45) is 2.54. The molecule has 20 heavy (non-hydrogen) atoms. The maximum atomic E-state index is 11.7. The first kappa shape index (κ1) is 17.1. The number of hydrogen-bond acceptors (Lipinski definition) is 5. The Kier molecular flexibility index (Phi) is 6.64. The van der Waals surface area contributed by atoms with Gasteiger partial charge in [-0.25, -0.2) is 17.9 Å². The molecule has 1 aromatic rings. The second kappa shape index (κ2) is 7.75. The van der Waals surface area contributed by atoms with Crippen LogP contribution in [-0.4, -0.2) is 33.8 Å². The first-order chi connectivity index (χ1) is 9.28. The predicted molar refractivity (Wildman–Crippen MR) is 80.6 cm³/mol. The van der Waals surface area contributed by atoms with Gasteiger partial charge in [-0.2, -0.15) is 0 Å². The minimum absolute atomic E-state index is 0.307. The summed E-state index contributed by atoms with van der Waals surface area (Å²) in [5.74, 6) is 0.196. The van der Waals surface area contributed by atoms with Crippen LogP contribution in [-0.2, 0) is 21.2 Å². The van der Waals surface area contributed by atoms with Gasteiger partial charge < -0.3 is 4.74 Å². The molecule has 7 heteroatoms. The fourth-order valence-corrected chi connectivity index (χ4v) is 2.81. The molecule has 0 saturated heterocycles. The van der Waals surface area contributed by atoms with Crippen molar-refractivity contribution >= 4 is 27.3 Å². The van der Waals surface area contributed by atoms with E-state index in [2.05, 4.69) is 18.6 Å². The number of rotatable bonds is 8. The van der Waals surface area contributed by atoms with Crippen LogP contribution in [0.1, 0.15) is 34.8 Å². The molecule has 0 atom stereocenters. The molecule has 1 N–H and O–H groups in total. The lowest BCUT2D eigenvalue weighted by Crippen LogP contribution is -2.23. The Hall–Kier alpha value is -0.920. The summed E-state index contributed by atoms with van der Waals surface area (Å²) in [6, 6.07) is 3.55. The van der Waals surface area contributed by atoms with Crippen molar-refractivity contribution in [2.45, 2.75) is 26.7 Å². The molecule has 1 heterocycles. The molecule has 0 aromatic carbocycles. The normalized spacial score (nSPS) is 11.8. The Labute approximate surface area is 124 Å². The number of esters is 1. The smallest absolute Gasteiger partial charge is 0.348 e. The quantitative estimate of drug-likeness (QED) is 0.744. The molecule has 0 fully saturated rings. The van der Waals surface area contributed by atoms with E-state index >= 15 is 0 Å². The van der Waals surface area contributed by atoms with E-state index in [4.69, 9.17) is 4.74 Å². The Bertz CT molecular complexity index is 534. The summed E-state index contributed by atoms with van der Waals surface area (Å²) in [6.45, 7) is 4.91. The highest BCUT2D eigenvalue weighted by Crippen LogP contribution is 2.18. The molecule has 1 aromatic heterocycles. The van der Waals surface area contributed by atoms with E-state index in [0.717, 1.165) is 17.6 Å². The van der Waals surface area contributed by atoms with Gasteiger partial charge >= 0.3 is 5.97 Å². The van der Waals surface area contributed by atoms with Gasteiger partial charge in [0, 0.05) is 11.4 Å². The van der Waals surface area contributed by atoms with Gasteiger partial charge in [0.15, 0.2) is 0 Å². The molecule has 0 radical (unpaired) electrons. The topological polar surface area (TPSA) is 72.5 Å². The number of thiophene rings is 1. The zero-order valence-corrected chi connectivity index (χ0v) is 13.6. The Balaban J connectivity index is 2.40. The van der Waals surface area contributed by atoms with Crippen LogP contribution in [0.2, 0.25) is 0 Å². The number of sulfonamides is 1. The highest BCUT2D eigenvalue weighted by atomic mass is 32.2. The van der Waals surface area contributed by atoms with E-state index in [1.807, 2.05) is 6.07 Å². The molecule has 114 valence electrons. The summed E-state index contributed by atoms with van der Waals surface area (Å²) in [5.41, 5.74) is 0. The maximum absolute atomic E-state index is 11.7. The zero-order chi connectivity index (χ0) is 15.2. The van der Waals surface area contributed by atoms with Crippen LogP contribution < -0.4 is 4.72 Å². The minimum Gasteiger partial charge on any atom is -0.461 e. The maximum Gasteiger partial charge on any atom is 0.348 e. The highest BCUT2D eigenvalue weighted by molar-refractivity contribution is 7.88. The van der Waals surface area contributed by atoms with Gasteiger partial charge in [-0.15, -0.1) is 11.3 Å². The van der Waals surface area contributed by atoms with Crippen molar-refractivity contribution in [2.24, 2.45) is 5.92 Å². The van der Waals surface area contributed by atoms with Crippen molar-refractivity contribution in [2.75, 3.05) is 19.4 Å². The van der Waals surface area contributed by atoms with Gasteiger partial charge in [0.25, 0.3) is 0 Å². The lowest BCUT2D eigenvalue weighted by molar-refractivity contribution is 0.0494. The Morgan fingerprint density at radius 3 is 2.70 bits per heavy atom. The molecule has 0 spiro atoms. The molecule has 1 rings (SSSR count). The van der Waals surface area contributed by atoms with Crippen LogP contribution in [0.3, 0.4) is 0 Å². The minimum atomic E-state index is -3.16. The summed E-state index contributed by atoms with van der Waals surface area (Å²) in [4.78, 5) is 13.3. The first-order valence-electron chi connectivity index (χ1n) is 6.48. The van der Waals surface area contributed by atoms with Crippen LogP contribution in [0.5, 0.6) is 0 Å². The molecule has 0 saturated carbocycles. The molecular weight excluding hydrogens is 298 g/mol. The number of hydrogen-bond donors (Lipinski definition) is 1. The van der Waals surface area contributed by atoms with Crippen molar-refractivity contribution in [1.29, 1.82) is 0 Å². The van der Waals surface area contributed by atoms with Gasteiger partial charge in [-0.3, -0.25) is 0 Å². The molecule has 0 amide bonds. The summed E-state index contributed by atoms with van der Waals surface area (Å²) >= 11 is 1.34. The van der Waals surface area contributed by atoms with Gasteiger partial charge in [-0.1, -0.05) is 13.8 Å². The summed E-state index contributed by atoms with van der Waals surface area (Å²) in [7, 11) is -3.16. The Morgan fingerprint density at radius 1 is 1.40 bits per heavy atom. The Morgan fingerprint density at radius 2 is 2.10 bits per heavy atom. The van der Waals surface area contributed by atoms with Crippen molar-refractivity contribution in [3.63, 3.8) is 0 Å². The third-order valence-corrected chi connectivity index (χ3v) is 4.38. The second-order valence-electron chi connectivity index (χ2n) is 5.00. The largest absolute Gasteiger partial charge is 0.461 e. The molecule has 0 aliphatic heterocycles. The SMILES string of the molecule is CC(C)CCOC(=O)c1ccc(CCNS(C)(=O)=O)s1. The summed E-state index contributed by atoms with van der Waals surface area (Å²) < 4.78 is 29.4. The zero-order valence-electron chi connectivity index (χ0n) is 12.0. The lowest BCUT2D eigenvalue weighted by Gasteiger charge is -2.05. The molecular formula is C13H21NO4S2. The van der Waals surface area contributed by atoms with E-state index in [1.165, 1.54) is 11.3 Å². The van der Waals surface area contributed by atoms with Crippen molar-refractivity contribution in [3.05, 3.63) is 21.9 Å². The number of nitrogens with one attached hydrogen (secondary N) is 1. The predicted octanol–water partition coefficient (Wildman–Crippen LogP) is 2.04.